The molecule has 0 aliphatic carbocycles. The molecule has 1 aromatic rings. The second-order valence-corrected chi connectivity index (χ2v) is 4.55. The van der Waals surface area contributed by atoms with Gasteiger partial charge in [-0.05, 0) is 17.7 Å². The summed E-state index contributed by atoms with van der Waals surface area (Å²) in [6, 6.07) is 5.86. The third-order valence-corrected chi connectivity index (χ3v) is 3.00. The first-order valence-corrected chi connectivity index (χ1v) is 6.55. The minimum absolute atomic E-state index is 0.0540. The first-order chi connectivity index (χ1) is 9.33. The minimum atomic E-state index is -0.0546. The Morgan fingerprint density at radius 2 is 2.11 bits per heavy atom. The van der Waals surface area contributed by atoms with Gasteiger partial charge >= 0.3 is 0 Å². The van der Waals surface area contributed by atoms with Crippen LogP contribution in [0.15, 0.2) is 18.2 Å². The summed E-state index contributed by atoms with van der Waals surface area (Å²) in [4.78, 5) is 0. The molecule has 1 aromatic carbocycles. The molecule has 0 radical (unpaired) electrons. The van der Waals surface area contributed by atoms with Gasteiger partial charge in [0.1, 0.15) is 0 Å². The van der Waals surface area contributed by atoms with Crippen molar-refractivity contribution in [2.24, 2.45) is 0 Å². The Morgan fingerprint density at radius 3 is 2.84 bits per heavy atom. The van der Waals surface area contributed by atoms with Crippen molar-refractivity contribution in [3.05, 3.63) is 23.8 Å². The fourth-order valence-corrected chi connectivity index (χ4v) is 1.96. The van der Waals surface area contributed by atoms with E-state index < -0.39 is 0 Å². The Bertz CT molecular complexity index is 397. The second kappa shape index (κ2) is 7.33. The SMILES string of the molecule is COCC(CO)NCc1ccc2c(c1)OCCCO2. The molecule has 5 nitrogen and oxygen atoms in total. The molecule has 1 unspecified atom stereocenters. The third kappa shape index (κ3) is 4.09. The molecule has 1 aliphatic rings. The largest absolute Gasteiger partial charge is 0.490 e. The highest BCUT2D eigenvalue weighted by molar-refractivity contribution is 5.43. The molecule has 1 atom stereocenters. The predicted octanol–water partition coefficient (Wildman–Crippen LogP) is 0.945. The number of hydrogen-bond acceptors (Lipinski definition) is 5. The average Bonchev–Trinajstić information content (AvgIpc) is 2.68. The van der Waals surface area contributed by atoms with Crippen LogP contribution in [0, 0.1) is 0 Å². The summed E-state index contributed by atoms with van der Waals surface area (Å²) in [5.74, 6) is 1.60. The Balaban J connectivity index is 1.95. The van der Waals surface area contributed by atoms with E-state index in [0.717, 1.165) is 23.5 Å². The summed E-state index contributed by atoms with van der Waals surface area (Å²) in [6.45, 7) is 2.59. The molecule has 0 fully saturated rings. The van der Waals surface area contributed by atoms with Gasteiger partial charge in [0, 0.05) is 20.1 Å². The molecule has 0 saturated carbocycles. The van der Waals surface area contributed by atoms with Crippen molar-refractivity contribution in [1.82, 2.24) is 5.32 Å². The fourth-order valence-electron chi connectivity index (χ4n) is 1.96. The van der Waals surface area contributed by atoms with E-state index in [-0.39, 0.29) is 12.6 Å². The van der Waals surface area contributed by atoms with Gasteiger partial charge in [0.15, 0.2) is 11.5 Å². The molecule has 0 saturated heterocycles. The lowest BCUT2D eigenvalue weighted by molar-refractivity contribution is 0.128. The highest BCUT2D eigenvalue weighted by atomic mass is 16.5. The Kier molecular flexibility index (Phi) is 5.44. The van der Waals surface area contributed by atoms with Gasteiger partial charge in [-0.2, -0.15) is 0 Å². The molecule has 0 aromatic heterocycles. The molecular formula is C14H21NO4. The van der Waals surface area contributed by atoms with Crippen molar-refractivity contribution in [3.63, 3.8) is 0 Å². The number of nitrogens with one attached hydrogen (secondary N) is 1. The number of aliphatic hydroxyl groups excluding tert-OH is 1. The number of methoxy groups -OCH3 is 1. The van der Waals surface area contributed by atoms with Crippen LogP contribution in [0.3, 0.4) is 0 Å². The minimum Gasteiger partial charge on any atom is -0.490 e. The van der Waals surface area contributed by atoms with Crippen LogP contribution in [0.5, 0.6) is 11.5 Å². The lowest BCUT2D eigenvalue weighted by atomic mass is 10.2. The molecule has 0 spiro atoms. The van der Waals surface area contributed by atoms with Gasteiger partial charge in [0.05, 0.1) is 32.5 Å². The van der Waals surface area contributed by atoms with E-state index in [0.29, 0.717) is 26.4 Å². The quantitative estimate of drug-likeness (QED) is 0.803. The zero-order valence-electron chi connectivity index (χ0n) is 11.2. The zero-order chi connectivity index (χ0) is 13.5. The van der Waals surface area contributed by atoms with Crippen molar-refractivity contribution in [2.75, 3.05) is 33.5 Å². The van der Waals surface area contributed by atoms with Crippen LogP contribution in [0.2, 0.25) is 0 Å². The Morgan fingerprint density at radius 1 is 1.32 bits per heavy atom. The maximum atomic E-state index is 9.18. The lowest BCUT2D eigenvalue weighted by Crippen LogP contribution is -2.35. The lowest BCUT2D eigenvalue weighted by Gasteiger charge is -2.16. The molecule has 2 N–H and O–H groups in total. The van der Waals surface area contributed by atoms with E-state index in [9.17, 15) is 5.11 Å². The molecule has 0 amide bonds. The van der Waals surface area contributed by atoms with Crippen molar-refractivity contribution in [3.8, 4) is 11.5 Å². The smallest absolute Gasteiger partial charge is 0.161 e. The summed E-state index contributed by atoms with van der Waals surface area (Å²) < 4.78 is 16.2. The first-order valence-electron chi connectivity index (χ1n) is 6.55. The van der Waals surface area contributed by atoms with Crippen molar-refractivity contribution < 1.29 is 19.3 Å². The molecule has 2 rings (SSSR count). The monoisotopic (exact) mass is 267 g/mol. The molecule has 5 heteroatoms. The summed E-state index contributed by atoms with van der Waals surface area (Å²) in [5, 5.41) is 12.4. The van der Waals surface area contributed by atoms with Crippen molar-refractivity contribution in [2.45, 2.75) is 19.0 Å². The van der Waals surface area contributed by atoms with Crippen LogP contribution < -0.4 is 14.8 Å². The summed E-state index contributed by atoms with van der Waals surface area (Å²) >= 11 is 0. The summed E-state index contributed by atoms with van der Waals surface area (Å²) in [6.07, 6.45) is 0.905. The van der Waals surface area contributed by atoms with Crippen LogP contribution in [0.25, 0.3) is 0 Å². The first kappa shape index (κ1) is 14.1. The van der Waals surface area contributed by atoms with E-state index in [4.69, 9.17) is 14.2 Å². The maximum Gasteiger partial charge on any atom is 0.161 e. The fraction of sp³-hybridized carbons (Fsp3) is 0.571. The maximum absolute atomic E-state index is 9.18. The standard InChI is InChI=1S/C14H21NO4/c1-17-10-12(9-16)15-8-11-3-4-13-14(7-11)19-6-2-5-18-13/h3-4,7,12,15-16H,2,5-6,8-10H2,1H3. The highest BCUT2D eigenvalue weighted by Crippen LogP contribution is 2.30. The van der Waals surface area contributed by atoms with E-state index in [2.05, 4.69) is 5.32 Å². The Hall–Kier alpha value is -1.30. The predicted molar refractivity (Wildman–Crippen MR) is 71.6 cm³/mol. The third-order valence-electron chi connectivity index (χ3n) is 3.00. The van der Waals surface area contributed by atoms with Gasteiger partial charge in [-0.25, -0.2) is 0 Å². The average molecular weight is 267 g/mol. The van der Waals surface area contributed by atoms with Crippen molar-refractivity contribution in [1.29, 1.82) is 0 Å². The molecule has 19 heavy (non-hydrogen) atoms. The number of ether oxygens (including phenoxy) is 3. The van der Waals surface area contributed by atoms with Crippen LogP contribution in [-0.2, 0) is 11.3 Å². The van der Waals surface area contributed by atoms with Gasteiger partial charge < -0.3 is 24.6 Å². The van der Waals surface area contributed by atoms with Crippen LogP contribution >= 0.6 is 0 Å². The van der Waals surface area contributed by atoms with E-state index in [1.54, 1.807) is 7.11 Å². The molecule has 106 valence electrons. The van der Waals surface area contributed by atoms with Crippen LogP contribution in [0.4, 0.5) is 0 Å². The molecule has 0 bridgehead atoms. The van der Waals surface area contributed by atoms with Gasteiger partial charge in [0.25, 0.3) is 0 Å². The van der Waals surface area contributed by atoms with Gasteiger partial charge in [-0.15, -0.1) is 0 Å². The summed E-state index contributed by atoms with van der Waals surface area (Å²) in [5.41, 5.74) is 1.10. The van der Waals surface area contributed by atoms with Crippen LogP contribution in [-0.4, -0.2) is 44.7 Å². The number of benzene rings is 1. The number of aliphatic hydroxyl groups is 1. The van der Waals surface area contributed by atoms with Gasteiger partial charge in [0.2, 0.25) is 0 Å². The summed E-state index contributed by atoms with van der Waals surface area (Å²) in [7, 11) is 1.62. The Labute approximate surface area is 113 Å². The molecular weight excluding hydrogens is 246 g/mol. The normalized spacial score (nSPS) is 15.9. The van der Waals surface area contributed by atoms with E-state index in [1.807, 2.05) is 18.2 Å². The number of rotatable bonds is 6. The highest BCUT2D eigenvalue weighted by Gasteiger charge is 2.11. The molecule has 1 aliphatic heterocycles. The van der Waals surface area contributed by atoms with Gasteiger partial charge in [-0.1, -0.05) is 6.07 Å². The topological polar surface area (TPSA) is 60.0 Å². The van der Waals surface area contributed by atoms with E-state index in [1.165, 1.54) is 0 Å². The van der Waals surface area contributed by atoms with Crippen molar-refractivity contribution >= 4 is 0 Å². The van der Waals surface area contributed by atoms with E-state index >= 15 is 0 Å². The second-order valence-electron chi connectivity index (χ2n) is 4.55. The number of fused-ring (bicyclic) bond motifs is 1. The number of hydrogen-bond donors (Lipinski definition) is 2. The van der Waals surface area contributed by atoms with Crippen LogP contribution in [0.1, 0.15) is 12.0 Å². The molecule has 1 heterocycles. The zero-order valence-corrected chi connectivity index (χ0v) is 11.2. The van der Waals surface area contributed by atoms with Gasteiger partial charge in [-0.3, -0.25) is 0 Å².